The van der Waals surface area contributed by atoms with Gasteiger partial charge in [-0.25, -0.2) is 4.39 Å². The maximum atomic E-state index is 12.9. The van der Waals surface area contributed by atoms with E-state index in [1.165, 1.54) is 35.2 Å². The second kappa shape index (κ2) is 9.29. The molecule has 0 fully saturated rings. The number of halogens is 2. The zero-order valence-corrected chi connectivity index (χ0v) is 17.6. The molecule has 1 N–H and O–H groups in total. The van der Waals surface area contributed by atoms with Crippen LogP contribution in [-0.4, -0.2) is 33.8 Å². The first-order valence-electron chi connectivity index (χ1n) is 7.97. The summed E-state index contributed by atoms with van der Waals surface area (Å²) in [5.74, 6) is -0.0451. The molecule has 5 nitrogen and oxygen atoms in total. The van der Waals surface area contributed by atoms with Crippen molar-refractivity contribution in [2.45, 2.75) is 10.9 Å². The van der Waals surface area contributed by atoms with Crippen LogP contribution >= 0.6 is 39.0 Å². The van der Waals surface area contributed by atoms with Crippen molar-refractivity contribution in [3.05, 3.63) is 64.4 Å². The van der Waals surface area contributed by atoms with Crippen molar-refractivity contribution in [2.24, 2.45) is 0 Å². The summed E-state index contributed by atoms with van der Waals surface area (Å²) in [6.45, 7) is 0.436. The minimum Gasteiger partial charge on any atom is -0.341 e. The molecule has 0 aliphatic carbocycles. The fourth-order valence-electron chi connectivity index (χ4n) is 2.19. The number of hydrogen-bond donors (Lipinski definition) is 1. The third-order valence-corrected chi connectivity index (χ3v) is 6.01. The highest BCUT2D eigenvalue weighted by Gasteiger charge is 2.12. The molecule has 2 aromatic carbocycles. The number of nitrogens with one attached hydrogen (secondary N) is 1. The van der Waals surface area contributed by atoms with E-state index in [0.29, 0.717) is 11.7 Å². The van der Waals surface area contributed by atoms with Gasteiger partial charge in [0.2, 0.25) is 11.0 Å². The Morgan fingerprint density at radius 3 is 2.78 bits per heavy atom. The van der Waals surface area contributed by atoms with Crippen molar-refractivity contribution < 1.29 is 9.18 Å². The van der Waals surface area contributed by atoms with Crippen LogP contribution in [0, 0.1) is 5.82 Å². The maximum absolute atomic E-state index is 12.9. The maximum Gasteiger partial charge on any atom is 0.233 e. The van der Waals surface area contributed by atoms with Crippen LogP contribution in [0.4, 0.5) is 15.2 Å². The molecule has 27 heavy (non-hydrogen) atoms. The lowest BCUT2D eigenvalue weighted by Crippen LogP contribution is -2.27. The number of nitrogens with zero attached hydrogens (tertiary/aromatic N) is 3. The molecule has 0 bridgehead atoms. The third-order valence-electron chi connectivity index (χ3n) is 3.56. The molecule has 3 aromatic rings. The molecule has 1 aromatic heterocycles. The van der Waals surface area contributed by atoms with Gasteiger partial charge in [0, 0.05) is 23.8 Å². The molecule has 0 spiro atoms. The number of hydrogen-bond acceptors (Lipinski definition) is 6. The molecule has 9 heteroatoms. The summed E-state index contributed by atoms with van der Waals surface area (Å²) >= 11 is 6.17. The van der Waals surface area contributed by atoms with Crippen LogP contribution in [0.5, 0.6) is 0 Å². The predicted molar refractivity (Wildman–Crippen MR) is 111 cm³/mol. The topological polar surface area (TPSA) is 58.1 Å². The number of carbonyl (C=O) groups is 1. The molecule has 140 valence electrons. The Kier molecular flexibility index (Phi) is 6.81. The van der Waals surface area contributed by atoms with Crippen LogP contribution in [0.1, 0.15) is 5.56 Å². The number of benzene rings is 2. The minimum absolute atomic E-state index is 0.0268. The Morgan fingerprint density at radius 2 is 2.04 bits per heavy atom. The van der Waals surface area contributed by atoms with Gasteiger partial charge in [-0.05, 0) is 35.9 Å². The molecule has 0 saturated heterocycles. The van der Waals surface area contributed by atoms with Crippen LogP contribution in [0.15, 0.2) is 57.3 Å². The lowest BCUT2D eigenvalue weighted by Gasteiger charge is -2.16. The highest BCUT2D eigenvalue weighted by molar-refractivity contribution is 9.10. The molecule has 0 saturated carbocycles. The molecule has 0 radical (unpaired) electrons. The van der Waals surface area contributed by atoms with Gasteiger partial charge >= 0.3 is 0 Å². The molecule has 3 rings (SSSR count). The Bertz CT molecular complexity index is 920. The van der Waals surface area contributed by atoms with Gasteiger partial charge in [0.15, 0.2) is 4.34 Å². The standard InChI is InChI=1S/C18H16BrFN4OS2/c1-24(10-12-5-7-14(20)8-6-12)16(25)11-26-18-23-22-17(27-18)21-15-4-2-3-13(19)9-15/h2-9H,10-11H2,1H3,(H,21,22). The number of anilines is 2. The molecule has 0 unspecified atom stereocenters. The second-order valence-corrected chi connectivity index (χ2v) is 8.79. The van der Waals surface area contributed by atoms with Gasteiger partial charge in [0.1, 0.15) is 5.82 Å². The first-order chi connectivity index (χ1) is 13.0. The highest BCUT2D eigenvalue weighted by Crippen LogP contribution is 2.28. The first kappa shape index (κ1) is 19.8. The van der Waals surface area contributed by atoms with Crippen LogP contribution in [0.2, 0.25) is 0 Å². The van der Waals surface area contributed by atoms with Gasteiger partial charge in [-0.1, -0.05) is 57.2 Å². The third kappa shape index (κ3) is 6.02. The Balaban J connectivity index is 1.50. The largest absolute Gasteiger partial charge is 0.341 e. The molecule has 0 aliphatic heterocycles. The van der Waals surface area contributed by atoms with E-state index in [-0.39, 0.29) is 17.5 Å². The van der Waals surface area contributed by atoms with E-state index in [1.807, 2.05) is 24.3 Å². The second-order valence-electron chi connectivity index (χ2n) is 5.67. The van der Waals surface area contributed by atoms with Crippen molar-refractivity contribution in [3.8, 4) is 0 Å². The van der Waals surface area contributed by atoms with E-state index >= 15 is 0 Å². The van der Waals surface area contributed by atoms with Crippen LogP contribution in [0.3, 0.4) is 0 Å². The van der Waals surface area contributed by atoms with E-state index in [9.17, 15) is 9.18 Å². The highest BCUT2D eigenvalue weighted by atomic mass is 79.9. The van der Waals surface area contributed by atoms with Crippen molar-refractivity contribution in [1.29, 1.82) is 0 Å². The number of aromatic nitrogens is 2. The normalized spacial score (nSPS) is 10.6. The Labute approximate surface area is 173 Å². The average molecular weight is 467 g/mol. The van der Waals surface area contributed by atoms with Gasteiger partial charge < -0.3 is 10.2 Å². The van der Waals surface area contributed by atoms with E-state index in [4.69, 9.17) is 0 Å². The van der Waals surface area contributed by atoms with Crippen molar-refractivity contribution in [2.75, 3.05) is 18.1 Å². The summed E-state index contributed by atoms with van der Waals surface area (Å²) in [5, 5.41) is 12.1. The number of rotatable bonds is 7. The summed E-state index contributed by atoms with van der Waals surface area (Å²) in [6, 6.07) is 13.9. The van der Waals surface area contributed by atoms with E-state index in [1.54, 1.807) is 24.1 Å². The summed E-state index contributed by atoms with van der Waals surface area (Å²) in [7, 11) is 1.73. The molecule has 0 aliphatic rings. The van der Waals surface area contributed by atoms with Crippen LogP contribution in [0.25, 0.3) is 0 Å². The molecular weight excluding hydrogens is 451 g/mol. The SMILES string of the molecule is CN(Cc1ccc(F)cc1)C(=O)CSc1nnc(Nc2cccc(Br)c2)s1. The van der Waals surface area contributed by atoms with Crippen LogP contribution < -0.4 is 5.32 Å². The van der Waals surface area contributed by atoms with Gasteiger partial charge in [-0.15, -0.1) is 10.2 Å². The summed E-state index contributed by atoms with van der Waals surface area (Å²) in [5.41, 5.74) is 1.79. The van der Waals surface area contributed by atoms with Gasteiger partial charge in [-0.2, -0.15) is 0 Å². The molecule has 1 amide bonds. The van der Waals surface area contributed by atoms with Gasteiger partial charge in [-0.3, -0.25) is 4.79 Å². The number of amides is 1. The number of thioether (sulfide) groups is 1. The van der Waals surface area contributed by atoms with Gasteiger partial charge in [0.05, 0.1) is 5.75 Å². The molecular formula is C18H16BrFN4OS2. The predicted octanol–water partition coefficient (Wildman–Crippen LogP) is 4.93. The molecule has 1 heterocycles. The van der Waals surface area contributed by atoms with Crippen molar-refractivity contribution in [1.82, 2.24) is 15.1 Å². The van der Waals surface area contributed by atoms with Gasteiger partial charge in [0.25, 0.3) is 0 Å². The quantitative estimate of drug-likeness (QED) is 0.500. The van der Waals surface area contributed by atoms with Crippen molar-refractivity contribution >= 4 is 55.8 Å². The zero-order chi connectivity index (χ0) is 19.2. The van der Waals surface area contributed by atoms with E-state index in [2.05, 4.69) is 31.4 Å². The summed E-state index contributed by atoms with van der Waals surface area (Å²) in [6.07, 6.45) is 0. The molecule has 0 atom stereocenters. The van der Waals surface area contributed by atoms with Crippen molar-refractivity contribution in [3.63, 3.8) is 0 Å². The smallest absolute Gasteiger partial charge is 0.233 e. The fourth-order valence-corrected chi connectivity index (χ4v) is 4.31. The zero-order valence-electron chi connectivity index (χ0n) is 14.4. The van der Waals surface area contributed by atoms with E-state index < -0.39 is 0 Å². The van der Waals surface area contributed by atoms with E-state index in [0.717, 1.165) is 20.1 Å². The lowest BCUT2D eigenvalue weighted by molar-refractivity contribution is -0.127. The first-order valence-corrected chi connectivity index (χ1v) is 10.6. The Morgan fingerprint density at radius 1 is 1.26 bits per heavy atom. The minimum atomic E-state index is -0.285. The Hall–Kier alpha value is -1.97. The summed E-state index contributed by atoms with van der Waals surface area (Å²) < 4.78 is 14.6. The fraction of sp³-hybridized carbons (Fsp3) is 0.167. The van der Waals surface area contributed by atoms with Crippen LogP contribution in [-0.2, 0) is 11.3 Å². The lowest BCUT2D eigenvalue weighted by atomic mass is 10.2. The monoisotopic (exact) mass is 466 g/mol. The average Bonchev–Trinajstić information content (AvgIpc) is 3.09. The summed E-state index contributed by atoms with van der Waals surface area (Å²) in [4.78, 5) is 13.9. The number of carbonyl (C=O) groups excluding carboxylic acids is 1.